The quantitative estimate of drug-likeness (QED) is 0.407. The molecule has 0 bridgehead atoms. The molecule has 4 aromatic heterocycles. The van der Waals surface area contributed by atoms with E-state index in [4.69, 9.17) is 4.42 Å². The summed E-state index contributed by atoms with van der Waals surface area (Å²) < 4.78 is 12.7. The van der Waals surface area contributed by atoms with Gasteiger partial charge in [0.1, 0.15) is 11.5 Å². The number of benzene rings is 1. The largest absolute Gasteiger partial charge is 0.467 e. The van der Waals surface area contributed by atoms with Crippen LogP contribution in [0.1, 0.15) is 5.76 Å². The predicted molar refractivity (Wildman–Crippen MR) is 108 cm³/mol. The molecule has 0 aliphatic carbocycles. The van der Waals surface area contributed by atoms with Crippen LogP contribution in [0.15, 0.2) is 81.2 Å². The molecule has 8 nitrogen and oxygen atoms in total. The van der Waals surface area contributed by atoms with Gasteiger partial charge in [0.2, 0.25) is 0 Å². The molecule has 0 aliphatic heterocycles. The van der Waals surface area contributed by atoms with Crippen LogP contribution in [0.25, 0.3) is 22.9 Å². The molecular weight excluding hydrogens is 406 g/mol. The van der Waals surface area contributed by atoms with Crippen LogP contribution in [0.5, 0.6) is 0 Å². The zero-order valence-corrected chi connectivity index (χ0v) is 16.5. The van der Waals surface area contributed by atoms with Crippen molar-refractivity contribution in [2.75, 3.05) is 0 Å². The number of rotatable bonds is 6. The number of hydrogen-bond donors (Lipinski definition) is 0. The molecule has 5 rings (SSSR count). The highest BCUT2D eigenvalue weighted by Crippen LogP contribution is 2.32. The van der Waals surface area contributed by atoms with E-state index in [-0.39, 0.29) is 0 Å². The minimum absolute atomic E-state index is 0.471. The van der Waals surface area contributed by atoms with Gasteiger partial charge in [0, 0.05) is 18.0 Å². The molecule has 0 saturated heterocycles. The lowest BCUT2D eigenvalue weighted by Gasteiger charge is -2.07. The second-order valence-electron chi connectivity index (χ2n) is 5.91. The van der Waals surface area contributed by atoms with Gasteiger partial charge >= 0.3 is 0 Å². The van der Waals surface area contributed by atoms with E-state index >= 15 is 0 Å². The van der Waals surface area contributed by atoms with E-state index in [1.807, 2.05) is 47.0 Å². The third kappa shape index (κ3) is 3.80. The summed E-state index contributed by atoms with van der Waals surface area (Å²) in [5.74, 6) is 2.10. The zero-order valence-electron chi connectivity index (χ0n) is 14.9. The van der Waals surface area contributed by atoms with E-state index in [0.717, 1.165) is 15.7 Å². The highest BCUT2D eigenvalue weighted by atomic mass is 32.2. The lowest BCUT2D eigenvalue weighted by molar-refractivity contribution is 0.485. The topological polar surface area (TPSA) is 95.4 Å². The third-order valence-corrected chi connectivity index (χ3v) is 5.76. The molecule has 29 heavy (non-hydrogen) atoms. The Morgan fingerprint density at radius 1 is 1.03 bits per heavy atom. The summed E-state index contributed by atoms with van der Waals surface area (Å²) in [5.41, 5.74) is 1.62. The molecule has 4 heterocycles. The van der Waals surface area contributed by atoms with Crippen LogP contribution in [-0.4, -0.2) is 34.1 Å². The molecule has 10 heteroatoms. The van der Waals surface area contributed by atoms with E-state index in [0.29, 0.717) is 29.0 Å². The summed E-state index contributed by atoms with van der Waals surface area (Å²) in [7, 11) is 0. The summed E-state index contributed by atoms with van der Waals surface area (Å²) in [6.45, 7) is 0.471. The Labute approximate surface area is 173 Å². The SMILES string of the molecule is c1ccc(-c2nsc(Sc3nnc(-c4cnccn4)n3Cc3ccco3)n2)cc1. The standard InChI is InChI=1S/C19H13N7OS2/c1-2-5-13(6-3-1)16-22-19(29-25-16)28-18-24-23-17(15-11-20-8-9-21-15)26(18)12-14-7-4-10-27-14/h1-11H,12H2. The Bertz CT molecular complexity index is 1200. The van der Waals surface area contributed by atoms with Crippen LogP contribution in [0.2, 0.25) is 0 Å². The third-order valence-electron chi connectivity index (χ3n) is 4.02. The fourth-order valence-electron chi connectivity index (χ4n) is 2.70. The van der Waals surface area contributed by atoms with Gasteiger partial charge in [-0.05, 0) is 35.4 Å². The van der Waals surface area contributed by atoms with Gasteiger partial charge < -0.3 is 4.42 Å². The van der Waals surface area contributed by atoms with E-state index < -0.39 is 0 Å². The van der Waals surface area contributed by atoms with Crippen LogP contribution >= 0.6 is 23.3 Å². The van der Waals surface area contributed by atoms with Crippen molar-refractivity contribution in [3.8, 4) is 22.9 Å². The fraction of sp³-hybridized carbons (Fsp3) is 0.0526. The zero-order chi connectivity index (χ0) is 19.5. The maximum Gasteiger partial charge on any atom is 0.199 e. The Hall–Kier alpha value is -3.37. The van der Waals surface area contributed by atoms with Gasteiger partial charge in [-0.2, -0.15) is 4.37 Å². The van der Waals surface area contributed by atoms with Crippen molar-refractivity contribution in [3.63, 3.8) is 0 Å². The average Bonchev–Trinajstić information content (AvgIpc) is 3.53. The van der Waals surface area contributed by atoms with Gasteiger partial charge in [-0.15, -0.1) is 10.2 Å². The van der Waals surface area contributed by atoms with Crippen molar-refractivity contribution in [2.45, 2.75) is 16.0 Å². The van der Waals surface area contributed by atoms with Gasteiger partial charge in [0.25, 0.3) is 0 Å². The summed E-state index contributed by atoms with van der Waals surface area (Å²) in [6, 6.07) is 13.6. The lowest BCUT2D eigenvalue weighted by Crippen LogP contribution is -2.04. The van der Waals surface area contributed by atoms with E-state index in [1.54, 1.807) is 24.9 Å². The van der Waals surface area contributed by atoms with Crippen molar-refractivity contribution in [1.82, 2.24) is 34.1 Å². The molecule has 0 saturated carbocycles. The molecule has 1 aromatic carbocycles. The van der Waals surface area contributed by atoms with Crippen LogP contribution in [0.4, 0.5) is 0 Å². The lowest BCUT2D eigenvalue weighted by atomic mass is 10.2. The molecule has 0 fully saturated rings. The van der Waals surface area contributed by atoms with Crippen LogP contribution in [0.3, 0.4) is 0 Å². The van der Waals surface area contributed by atoms with Crippen molar-refractivity contribution in [2.24, 2.45) is 0 Å². The molecule has 5 aromatic rings. The molecule has 0 atom stereocenters. The summed E-state index contributed by atoms with van der Waals surface area (Å²) in [5, 5.41) is 9.37. The highest BCUT2D eigenvalue weighted by molar-refractivity contribution is 8.00. The van der Waals surface area contributed by atoms with Crippen molar-refractivity contribution in [3.05, 3.63) is 73.1 Å². The molecule has 0 unspecified atom stereocenters. The molecule has 0 spiro atoms. The first-order valence-corrected chi connectivity index (χ1v) is 10.2. The first kappa shape index (κ1) is 17.7. The first-order chi connectivity index (χ1) is 14.4. The van der Waals surface area contributed by atoms with Crippen LogP contribution in [0, 0.1) is 0 Å². The number of hydrogen-bond acceptors (Lipinski definition) is 9. The van der Waals surface area contributed by atoms with Crippen LogP contribution in [-0.2, 0) is 6.54 Å². The average molecular weight is 419 g/mol. The van der Waals surface area contributed by atoms with Gasteiger partial charge in [-0.25, -0.2) is 9.97 Å². The van der Waals surface area contributed by atoms with Gasteiger partial charge in [0.15, 0.2) is 21.1 Å². The summed E-state index contributed by atoms with van der Waals surface area (Å²) in [4.78, 5) is 13.1. The Balaban J connectivity index is 1.48. The van der Waals surface area contributed by atoms with Crippen molar-refractivity contribution >= 4 is 23.3 Å². The normalized spacial score (nSPS) is 11.0. The maximum absolute atomic E-state index is 5.52. The van der Waals surface area contributed by atoms with Gasteiger partial charge in [-0.1, -0.05) is 30.3 Å². The molecule has 142 valence electrons. The number of nitrogens with zero attached hydrogens (tertiary/aromatic N) is 7. The monoisotopic (exact) mass is 419 g/mol. The number of furan rings is 1. The first-order valence-electron chi connectivity index (χ1n) is 8.66. The molecule has 0 radical (unpaired) electrons. The van der Waals surface area contributed by atoms with Crippen molar-refractivity contribution in [1.29, 1.82) is 0 Å². The predicted octanol–water partition coefficient (Wildman–Crippen LogP) is 4.05. The molecule has 0 aliphatic rings. The Morgan fingerprint density at radius 2 is 1.97 bits per heavy atom. The maximum atomic E-state index is 5.52. The van der Waals surface area contributed by atoms with Crippen molar-refractivity contribution < 1.29 is 4.42 Å². The van der Waals surface area contributed by atoms with Gasteiger partial charge in [-0.3, -0.25) is 9.55 Å². The molecular formula is C19H13N7OS2. The summed E-state index contributed by atoms with van der Waals surface area (Å²) in [6.07, 6.45) is 6.56. The summed E-state index contributed by atoms with van der Waals surface area (Å²) >= 11 is 2.74. The second kappa shape index (κ2) is 7.94. The van der Waals surface area contributed by atoms with E-state index in [9.17, 15) is 0 Å². The second-order valence-corrected chi connectivity index (χ2v) is 7.88. The van der Waals surface area contributed by atoms with E-state index in [2.05, 4.69) is 29.5 Å². The van der Waals surface area contributed by atoms with E-state index in [1.165, 1.54) is 23.3 Å². The highest BCUT2D eigenvalue weighted by Gasteiger charge is 2.19. The smallest absolute Gasteiger partial charge is 0.199 e. The number of aromatic nitrogens is 7. The molecule has 0 amide bonds. The van der Waals surface area contributed by atoms with Crippen LogP contribution < -0.4 is 0 Å². The minimum Gasteiger partial charge on any atom is -0.467 e. The molecule has 0 N–H and O–H groups in total. The fourth-order valence-corrected chi connectivity index (χ4v) is 4.26. The Kier molecular flexibility index (Phi) is 4.85. The van der Waals surface area contributed by atoms with Gasteiger partial charge in [0.05, 0.1) is 19.0 Å². The minimum atomic E-state index is 0.471. The Morgan fingerprint density at radius 3 is 2.76 bits per heavy atom.